The number of aliphatic hydroxyl groups excluding tert-OH is 2. The maximum atomic E-state index is 11.5. The lowest BCUT2D eigenvalue weighted by atomic mass is 9.66. The van der Waals surface area contributed by atoms with Gasteiger partial charge < -0.3 is 20.1 Å². The molecular formula is C22H36O5. The van der Waals surface area contributed by atoms with Crippen LogP contribution in [-0.2, 0) is 9.53 Å². The summed E-state index contributed by atoms with van der Waals surface area (Å²) in [6, 6.07) is 0. The minimum Gasteiger partial charge on any atom is -0.458 e. The predicted molar refractivity (Wildman–Crippen MR) is 105 cm³/mol. The van der Waals surface area contributed by atoms with Gasteiger partial charge in [-0.3, -0.25) is 4.79 Å². The molecule has 3 N–H and O–H groups in total. The third kappa shape index (κ3) is 4.82. The fraction of sp³-hybridized carbons (Fsp3) is 0.773. The molecule has 27 heavy (non-hydrogen) atoms. The van der Waals surface area contributed by atoms with Crippen LogP contribution in [0.4, 0.5) is 0 Å². The first-order chi connectivity index (χ1) is 12.5. The van der Waals surface area contributed by atoms with Crippen molar-refractivity contribution in [1.82, 2.24) is 0 Å². The van der Waals surface area contributed by atoms with Gasteiger partial charge in [0.25, 0.3) is 0 Å². The van der Waals surface area contributed by atoms with E-state index in [-0.39, 0.29) is 29.8 Å². The quantitative estimate of drug-likeness (QED) is 0.517. The molecule has 154 valence electrons. The lowest BCUT2D eigenvalue weighted by molar-refractivity contribution is -0.144. The van der Waals surface area contributed by atoms with Gasteiger partial charge in [-0.25, -0.2) is 0 Å². The lowest BCUT2D eigenvalue weighted by Crippen LogP contribution is -2.49. The molecule has 0 spiro atoms. The minimum absolute atomic E-state index is 0.0449. The molecule has 0 bridgehead atoms. The number of ether oxygens (including phenoxy) is 1. The summed E-state index contributed by atoms with van der Waals surface area (Å²) >= 11 is 0. The van der Waals surface area contributed by atoms with Crippen molar-refractivity contribution in [3.8, 4) is 0 Å². The van der Waals surface area contributed by atoms with Crippen LogP contribution in [0.5, 0.6) is 0 Å². The second-order valence-corrected chi connectivity index (χ2v) is 9.14. The van der Waals surface area contributed by atoms with Crippen molar-refractivity contribution in [2.45, 2.75) is 84.5 Å². The van der Waals surface area contributed by atoms with Crippen molar-refractivity contribution < 1.29 is 24.9 Å². The van der Waals surface area contributed by atoms with E-state index in [1.165, 1.54) is 6.92 Å². The Balaban J connectivity index is 2.46. The van der Waals surface area contributed by atoms with Crippen molar-refractivity contribution in [3.05, 3.63) is 23.3 Å². The van der Waals surface area contributed by atoms with Gasteiger partial charge >= 0.3 is 5.97 Å². The van der Waals surface area contributed by atoms with E-state index in [2.05, 4.69) is 6.92 Å². The van der Waals surface area contributed by atoms with E-state index in [9.17, 15) is 20.1 Å². The summed E-state index contributed by atoms with van der Waals surface area (Å²) in [6.07, 6.45) is 5.78. The van der Waals surface area contributed by atoms with Gasteiger partial charge in [0.05, 0.1) is 18.3 Å². The highest BCUT2D eigenvalue weighted by molar-refractivity contribution is 5.66. The number of allylic oxidation sites excluding steroid dienone is 1. The number of esters is 1. The lowest BCUT2D eigenvalue weighted by Gasteiger charge is -2.43. The van der Waals surface area contributed by atoms with Crippen molar-refractivity contribution in [3.63, 3.8) is 0 Å². The average molecular weight is 381 g/mol. The van der Waals surface area contributed by atoms with Crippen LogP contribution in [0.15, 0.2) is 23.3 Å². The number of carbonyl (C=O) groups is 1. The predicted octanol–water partition coefficient (Wildman–Crippen LogP) is 3.13. The highest BCUT2D eigenvalue weighted by Crippen LogP contribution is 2.56. The molecule has 2 aliphatic carbocycles. The van der Waals surface area contributed by atoms with Gasteiger partial charge in [0.1, 0.15) is 6.10 Å². The standard InChI is InChI=1S/C22H36O5/c1-14(2)22(26)9-8-21(5)7-6-17(13-23)12-18(27-16(4)24)10-15(3)11-19(25)20(21)22/h6,10,14,18-20,23,25-26H,7-9,11-13H2,1-5H3/b15-10+,17-6-/t18-,19+,20?,21-,22+/m0/s1. The summed E-state index contributed by atoms with van der Waals surface area (Å²) in [5.41, 5.74) is 0.584. The molecule has 0 saturated heterocycles. The molecule has 0 aromatic heterocycles. The molecule has 1 fully saturated rings. The molecular weight excluding hydrogens is 344 g/mol. The van der Waals surface area contributed by atoms with E-state index in [1.54, 1.807) is 0 Å². The van der Waals surface area contributed by atoms with E-state index in [1.807, 2.05) is 32.9 Å². The van der Waals surface area contributed by atoms with Crippen LogP contribution in [0, 0.1) is 17.3 Å². The smallest absolute Gasteiger partial charge is 0.303 e. The first-order valence-electron chi connectivity index (χ1n) is 10.1. The SMILES string of the molecule is CC(=O)O[C@H]1/C=C(\C)C[C@@H](O)C2[C@@](C)(C/C=C(\CO)C1)CC[C@@]2(O)C(C)C. The van der Waals surface area contributed by atoms with Crippen LogP contribution in [0.25, 0.3) is 0 Å². The molecule has 0 aromatic carbocycles. The fourth-order valence-corrected chi connectivity index (χ4v) is 5.10. The van der Waals surface area contributed by atoms with Crippen molar-refractivity contribution in [1.29, 1.82) is 0 Å². The first-order valence-corrected chi connectivity index (χ1v) is 10.1. The van der Waals surface area contributed by atoms with Crippen LogP contribution in [0.2, 0.25) is 0 Å². The third-order valence-corrected chi connectivity index (χ3v) is 6.61. The summed E-state index contributed by atoms with van der Waals surface area (Å²) in [6.45, 7) is 9.35. The largest absolute Gasteiger partial charge is 0.458 e. The molecule has 0 aromatic rings. The van der Waals surface area contributed by atoms with Crippen molar-refractivity contribution in [2.24, 2.45) is 17.3 Å². The topological polar surface area (TPSA) is 87.0 Å². The van der Waals surface area contributed by atoms with E-state index in [0.717, 1.165) is 17.6 Å². The summed E-state index contributed by atoms with van der Waals surface area (Å²) in [5.74, 6) is -0.576. The number of aliphatic hydroxyl groups is 3. The highest BCUT2D eigenvalue weighted by Gasteiger charge is 2.57. The third-order valence-electron chi connectivity index (χ3n) is 6.61. The van der Waals surface area contributed by atoms with Crippen LogP contribution < -0.4 is 0 Å². The van der Waals surface area contributed by atoms with Crippen LogP contribution >= 0.6 is 0 Å². The number of hydrogen-bond donors (Lipinski definition) is 3. The minimum atomic E-state index is -0.912. The second kappa shape index (κ2) is 8.46. The number of rotatable bonds is 3. The summed E-state index contributed by atoms with van der Waals surface area (Å²) < 4.78 is 5.40. The van der Waals surface area contributed by atoms with Crippen LogP contribution in [-0.4, -0.2) is 45.7 Å². The number of carbonyl (C=O) groups excluding carboxylic acids is 1. The Hall–Kier alpha value is -1.17. The monoisotopic (exact) mass is 380 g/mol. The Morgan fingerprint density at radius 3 is 2.56 bits per heavy atom. The molecule has 0 amide bonds. The summed E-state index contributed by atoms with van der Waals surface area (Å²) in [4.78, 5) is 11.5. The molecule has 1 unspecified atom stereocenters. The zero-order valence-electron chi connectivity index (χ0n) is 17.4. The zero-order chi connectivity index (χ0) is 20.4. The molecule has 2 rings (SSSR count). The molecule has 5 nitrogen and oxygen atoms in total. The first kappa shape index (κ1) is 22.1. The van der Waals surface area contributed by atoms with Crippen molar-refractivity contribution in [2.75, 3.05) is 6.61 Å². The van der Waals surface area contributed by atoms with Crippen LogP contribution in [0.3, 0.4) is 0 Å². The Morgan fingerprint density at radius 1 is 1.33 bits per heavy atom. The Kier molecular flexibility index (Phi) is 6.93. The van der Waals surface area contributed by atoms with Gasteiger partial charge in [0.15, 0.2) is 0 Å². The molecule has 5 atom stereocenters. The van der Waals surface area contributed by atoms with E-state index >= 15 is 0 Å². The van der Waals surface area contributed by atoms with E-state index in [4.69, 9.17) is 4.74 Å². The molecule has 1 saturated carbocycles. The normalized spacial score (nSPS) is 41.7. The highest BCUT2D eigenvalue weighted by atomic mass is 16.5. The van der Waals surface area contributed by atoms with E-state index < -0.39 is 17.8 Å². The van der Waals surface area contributed by atoms with Gasteiger partial charge in [-0.2, -0.15) is 0 Å². The summed E-state index contributed by atoms with van der Waals surface area (Å²) in [7, 11) is 0. The molecule has 0 heterocycles. The Morgan fingerprint density at radius 2 is 2.00 bits per heavy atom. The maximum Gasteiger partial charge on any atom is 0.303 e. The molecule has 5 heteroatoms. The molecule has 0 aliphatic heterocycles. The summed E-state index contributed by atoms with van der Waals surface area (Å²) in [5, 5.41) is 32.3. The zero-order valence-corrected chi connectivity index (χ0v) is 17.4. The van der Waals surface area contributed by atoms with Crippen LogP contribution in [0.1, 0.15) is 66.7 Å². The van der Waals surface area contributed by atoms with Gasteiger partial charge in [-0.05, 0) is 55.6 Å². The Labute approximate surface area is 163 Å². The number of hydrogen-bond acceptors (Lipinski definition) is 5. The van der Waals surface area contributed by atoms with Gasteiger partial charge in [-0.15, -0.1) is 0 Å². The van der Waals surface area contributed by atoms with E-state index in [0.29, 0.717) is 25.7 Å². The fourth-order valence-electron chi connectivity index (χ4n) is 5.10. The van der Waals surface area contributed by atoms with Gasteiger partial charge in [0.2, 0.25) is 0 Å². The molecule has 0 radical (unpaired) electrons. The van der Waals surface area contributed by atoms with Crippen molar-refractivity contribution >= 4 is 5.97 Å². The molecule has 2 aliphatic rings. The maximum absolute atomic E-state index is 11.5. The number of fused-ring (bicyclic) bond motifs is 1. The van der Waals surface area contributed by atoms with Gasteiger partial charge in [0, 0.05) is 19.3 Å². The second-order valence-electron chi connectivity index (χ2n) is 9.14. The Bertz CT molecular complexity index is 608. The average Bonchev–Trinajstić information content (AvgIpc) is 2.82. The van der Waals surface area contributed by atoms with Gasteiger partial charge in [-0.1, -0.05) is 32.4 Å².